The van der Waals surface area contributed by atoms with Gasteiger partial charge in [0.1, 0.15) is 22.0 Å². The van der Waals surface area contributed by atoms with Crippen molar-refractivity contribution in [1.82, 2.24) is 13.5 Å². The zero-order valence-electron chi connectivity index (χ0n) is 16.0. The quantitative estimate of drug-likeness (QED) is 0.386. The van der Waals surface area contributed by atoms with Gasteiger partial charge in [0.2, 0.25) is 15.9 Å². The number of hydrogen-bond donors (Lipinski definition) is 2. The van der Waals surface area contributed by atoms with Gasteiger partial charge in [-0.1, -0.05) is 52.3 Å². The Bertz CT molecular complexity index is 1310. The van der Waals surface area contributed by atoms with E-state index in [9.17, 15) is 13.2 Å². The number of amides is 1. The molecule has 7 nitrogen and oxygen atoms in total. The summed E-state index contributed by atoms with van der Waals surface area (Å²) in [6, 6.07) is 20.0. The summed E-state index contributed by atoms with van der Waals surface area (Å²) in [7, 11) is -4.03. The van der Waals surface area contributed by atoms with E-state index in [-0.39, 0.29) is 16.8 Å². The van der Waals surface area contributed by atoms with Crippen LogP contribution in [0.2, 0.25) is 0 Å². The largest absolute Gasteiger partial charge is 0.325 e. The van der Waals surface area contributed by atoms with Crippen LogP contribution in [0, 0.1) is 0 Å². The van der Waals surface area contributed by atoms with E-state index in [0.717, 1.165) is 21.8 Å². The van der Waals surface area contributed by atoms with Gasteiger partial charge in [-0.2, -0.15) is 13.5 Å². The SMILES string of the molecule is O=C(Nc1ccc(Br)cc1)[C@H](Cc1ccccc1)NS(=O)(=O)c1cccc2nsnc12. The van der Waals surface area contributed by atoms with Crippen molar-refractivity contribution in [1.29, 1.82) is 0 Å². The lowest BCUT2D eigenvalue weighted by Crippen LogP contribution is -2.45. The Morgan fingerprint density at radius 2 is 1.71 bits per heavy atom. The molecular formula is C21H17BrN4O3S2. The van der Waals surface area contributed by atoms with Crippen LogP contribution in [0.15, 0.2) is 82.2 Å². The van der Waals surface area contributed by atoms with E-state index in [2.05, 4.69) is 34.7 Å². The fourth-order valence-corrected chi connectivity index (χ4v) is 5.28. The third-order valence-electron chi connectivity index (χ3n) is 4.55. The number of benzene rings is 3. The number of anilines is 1. The number of nitrogens with one attached hydrogen (secondary N) is 2. The van der Waals surface area contributed by atoms with Gasteiger partial charge in [0.25, 0.3) is 0 Å². The first-order chi connectivity index (χ1) is 14.9. The Morgan fingerprint density at radius 3 is 2.45 bits per heavy atom. The number of carbonyl (C=O) groups excluding carboxylic acids is 1. The van der Waals surface area contributed by atoms with E-state index in [0.29, 0.717) is 11.2 Å². The number of carbonyl (C=O) groups is 1. The van der Waals surface area contributed by atoms with Gasteiger partial charge in [-0.25, -0.2) is 8.42 Å². The normalized spacial score (nSPS) is 12.5. The molecule has 1 atom stereocenters. The van der Waals surface area contributed by atoms with Gasteiger partial charge < -0.3 is 5.32 Å². The Labute approximate surface area is 192 Å². The summed E-state index contributed by atoms with van der Waals surface area (Å²) >= 11 is 4.29. The monoisotopic (exact) mass is 516 g/mol. The number of nitrogens with zero attached hydrogens (tertiary/aromatic N) is 2. The van der Waals surface area contributed by atoms with E-state index in [4.69, 9.17) is 0 Å². The van der Waals surface area contributed by atoms with Crippen LogP contribution in [0.25, 0.3) is 11.0 Å². The van der Waals surface area contributed by atoms with Crippen LogP contribution in [0.1, 0.15) is 5.56 Å². The highest BCUT2D eigenvalue weighted by Gasteiger charge is 2.28. The molecule has 3 aromatic carbocycles. The lowest BCUT2D eigenvalue weighted by molar-refractivity contribution is -0.117. The summed E-state index contributed by atoms with van der Waals surface area (Å²) in [5.74, 6) is -0.460. The van der Waals surface area contributed by atoms with Crippen LogP contribution in [0.4, 0.5) is 5.69 Å². The van der Waals surface area contributed by atoms with Crippen LogP contribution >= 0.6 is 27.7 Å². The van der Waals surface area contributed by atoms with Crippen LogP contribution in [-0.4, -0.2) is 29.1 Å². The van der Waals surface area contributed by atoms with Crippen LogP contribution in [0.5, 0.6) is 0 Å². The summed E-state index contributed by atoms with van der Waals surface area (Å²) in [4.78, 5) is 13.0. The molecule has 2 N–H and O–H groups in total. The van der Waals surface area contributed by atoms with E-state index in [1.165, 1.54) is 6.07 Å². The molecule has 0 spiro atoms. The first kappa shape index (κ1) is 21.6. The highest BCUT2D eigenvalue weighted by atomic mass is 79.9. The molecule has 0 bridgehead atoms. The smallest absolute Gasteiger partial charge is 0.243 e. The van der Waals surface area contributed by atoms with Gasteiger partial charge >= 0.3 is 0 Å². The molecule has 1 amide bonds. The molecule has 4 rings (SSSR count). The average Bonchev–Trinajstić information content (AvgIpc) is 3.24. The number of rotatable bonds is 7. The summed E-state index contributed by atoms with van der Waals surface area (Å²) in [5.41, 5.74) is 2.17. The molecular weight excluding hydrogens is 500 g/mol. The maximum atomic E-state index is 13.2. The van der Waals surface area contributed by atoms with E-state index >= 15 is 0 Å². The molecule has 0 unspecified atom stereocenters. The van der Waals surface area contributed by atoms with E-state index < -0.39 is 22.0 Å². The average molecular weight is 517 g/mol. The summed E-state index contributed by atoms with van der Waals surface area (Å²) in [6.45, 7) is 0. The Hall–Kier alpha value is -2.66. The minimum absolute atomic E-state index is 0.00625. The van der Waals surface area contributed by atoms with E-state index in [1.54, 1.807) is 36.4 Å². The predicted molar refractivity (Wildman–Crippen MR) is 124 cm³/mol. The van der Waals surface area contributed by atoms with Crippen molar-refractivity contribution in [3.63, 3.8) is 0 Å². The lowest BCUT2D eigenvalue weighted by Gasteiger charge is -2.19. The highest BCUT2D eigenvalue weighted by molar-refractivity contribution is 9.10. The number of halogens is 1. The van der Waals surface area contributed by atoms with Gasteiger partial charge in [-0.05, 0) is 48.4 Å². The Morgan fingerprint density at radius 1 is 0.968 bits per heavy atom. The minimum Gasteiger partial charge on any atom is -0.325 e. The number of sulfonamides is 1. The predicted octanol–water partition coefficient (Wildman–Crippen LogP) is 3.98. The van der Waals surface area contributed by atoms with Gasteiger partial charge in [0.05, 0.1) is 11.7 Å². The number of aromatic nitrogens is 2. The van der Waals surface area contributed by atoms with Crippen molar-refractivity contribution in [3.05, 3.63) is 82.8 Å². The highest BCUT2D eigenvalue weighted by Crippen LogP contribution is 2.22. The van der Waals surface area contributed by atoms with Crippen molar-refractivity contribution in [3.8, 4) is 0 Å². The molecule has 0 aliphatic carbocycles. The zero-order valence-corrected chi connectivity index (χ0v) is 19.2. The molecule has 10 heteroatoms. The molecule has 0 aliphatic heterocycles. The molecule has 0 aliphatic rings. The molecule has 0 radical (unpaired) electrons. The summed E-state index contributed by atoms with van der Waals surface area (Å²) < 4.78 is 38.0. The van der Waals surface area contributed by atoms with Crippen LogP contribution in [0.3, 0.4) is 0 Å². The zero-order chi connectivity index (χ0) is 21.8. The van der Waals surface area contributed by atoms with Crippen molar-refractivity contribution in [2.75, 3.05) is 5.32 Å². The standard InChI is InChI=1S/C21H17BrN4O3S2/c22-15-9-11-16(12-10-15)23-21(27)18(13-14-5-2-1-3-6-14)26-31(28,29)19-8-4-7-17-20(19)25-30-24-17/h1-12,18,26H,13H2,(H,23,27)/t18-/m0/s1. The Kier molecular flexibility index (Phi) is 6.42. The summed E-state index contributed by atoms with van der Waals surface area (Å²) in [6.07, 6.45) is 0.188. The molecule has 4 aromatic rings. The molecule has 0 saturated heterocycles. The molecule has 1 heterocycles. The van der Waals surface area contributed by atoms with E-state index in [1.807, 2.05) is 30.3 Å². The third kappa shape index (κ3) is 5.16. The maximum absolute atomic E-state index is 13.2. The fraction of sp³-hybridized carbons (Fsp3) is 0.0952. The molecule has 31 heavy (non-hydrogen) atoms. The van der Waals surface area contributed by atoms with Crippen molar-refractivity contribution in [2.24, 2.45) is 0 Å². The van der Waals surface area contributed by atoms with Crippen LogP contribution < -0.4 is 10.0 Å². The second-order valence-electron chi connectivity index (χ2n) is 6.75. The first-order valence-electron chi connectivity index (χ1n) is 9.26. The van der Waals surface area contributed by atoms with Crippen molar-refractivity contribution in [2.45, 2.75) is 17.4 Å². The van der Waals surface area contributed by atoms with Crippen molar-refractivity contribution < 1.29 is 13.2 Å². The molecule has 1 aromatic heterocycles. The molecule has 0 saturated carbocycles. The first-order valence-corrected chi connectivity index (χ1v) is 12.3. The third-order valence-corrected chi connectivity index (χ3v) is 7.12. The molecule has 0 fully saturated rings. The van der Waals surface area contributed by atoms with Gasteiger partial charge in [-0.15, -0.1) is 0 Å². The van der Waals surface area contributed by atoms with Crippen molar-refractivity contribution >= 4 is 60.3 Å². The molecule has 158 valence electrons. The van der Waals surface area contributed by atoms with Gasteiger partial charge in [0.15, 0.2) is 0 Å². The van der Waals surface area contributed by atoms with Gasteiger partial charge in [-0.3, -0.25) is 4.79 Å². The Balaban J connectivity index is 1.64. The van der Waals surface area contributed by atoms with Crippen LogP contribution in [-0.2, 0) is 21.2 Å². The van der Waals surface area contributed by atoms with Gasteiger partial charge in [0, 0.05) is 10.2 Å². The lowest BCUT2D eigenvalue weighted by atomic mass is 10.1. The fourth-order valence-electron chi connectivity index (χ4n) is 3.05. The number of hydrogen-bond acceptors (Lipinski definition) is 6. The number of fused-ring (bicyclic) bond motifs is 1. The second kappa shape index (κ2) is 9.23. The minimum atomic E-state index is -4.03. The second-order valence-corrected chi connectivity index (χ2v) is 9.87. The maximum Gasteiger partial charge on any atom is 0.243 e. The topological polar surface area (TPSA) is 101 Å². The summed E-state index contributed by atoms with van der Waals surface area (Å²) in [5, 5.41) is 2.78.